The molecule has 0 radical (unpaired) electrons. The molecule has 31 nitrogen and oxygen atoms in total. The van der Waals surface area contributed by atoms with Crippen LogP contribution < -0.4 is 37.3 Å². The number of hydrogen-bond donors (Lipinski definition) is 5. The van der Waals surface area contributed by atoms with Crippen LogP contribution >= 0.6 is 0 Å². The van der Waals surface area contributed by atoms with Crippen LogP contribution in [-0.2, 0) is 68.7 Å². The molecule has 5 fully saturated rings. The van der Waals surface area contributed by atoms with Gasteiger partial charge in [-0.1, -0.05) is 124 Å². The average Bonchev–Trinajstić information content (AvgIpc) is 1.52. The highest BCUT2D eigenvalue weighted by Gasteiger charge is 2.47. The predicted octanol–water partition coefficient (Wildman–Crippen LogP) is 5.56. The van der Waals surface area contributed by atoms with Crippen LogP contribution in [0.2, 0.25) is 0 Å². The van der Waals surface area contributed by atoms with E-state index in [4.69, 9.17) is 29.3 Å². The standard InChI is InChI=1S/C62H86N12O16.C24H34N2O/c1-27(2)42-59(84)73-23-17-19-36(73)57(82)69(13)25-38(75)71(15)48(29(5)6)61(86)88-33(11)44(55(80)65-42)67-53(78)35-22-21-31(9)51-46(35)64-47-40(41(63)50(77)32(10)52(47)90-51)54(79)68-45-34(12)89-62(87)49(30(7)8)72(16)39(76)26-70(14)58(83)37-20-18-24-74(37)60(85)43(28(3)4)66-56(45)81;1-21(2)19-27-20-24(25-15-9-10-16-25)18-26(23-13-7-4-8-14-23)17-22-11-5-3-6-12-22/h21-22,27-30,33-34,36-37,42-45,48-49H,17-20,23-26,63H2,1-16H3,(H,65,80)(H,66,81)(H,67,78)(H,68,79);3-8,11-14,21,24H,9-10,15-20H2,1-2H3/t33-,34-,36+,37+,42-,43-,44+,45+,48+,49+;/m1./s1. The van der Waals surface area contributed by atoms with Crippen molar-refractivity contribution in [3.05, 3.63) is 111 Å². The van der Waals surface area contributed by atoms with Crippen LogP contribution in [0.25, 0.3) is 22.6 Å². The van der Waals surface area contributed by atoms with Crippen molar-refractivity contribution >= 4 is 93.5 Å². The first-order chi connectivity index (χ1) is 55.3. The lowest BCUT2D eigenvalue weighted by molar-refractivity contribution is -0.163. The molecule has 1 aliphatic carbocycles. The maximum atomic E-state index is 15.2. The lowest BCUT2D eigenvalue weighted by Gasteiger charge is -2.36. The predicted molar refractivity (Wildman–Crippen MR) is 440 cm³/mol. The van der Waals surface area contributed by atoms with Gasteiger partial charge in [-0.3, -0.25) is 57.6 Å². The van der Waals surface area contributed by atoms with Gasteiger partial charge in [-0.25, -0.2) is 14.6 Å². The van der Waals surface area contributed by atoms with Crippen molar-refractivity contribution in [2.75, 3.05) is 97.9 Å². The molecule has 6 N–H and O–H groups in total. The first kappa shape index (κ1) is 90.4. The number of nitrogens with one attached hydrogen (secondary N) is 4. The lowest BCUT2D eigenvalue weighted by atomic mass is 9.98. The number of carbonyl (C=O) groups excluding carboxylic acids is 12. The number of anilines is 2. The van der Waals surface area contributed by atoms with Crippen LogP contribution in [0.4, 0.5) is 11.4 Å². The number of rotatable bonds is 18. The van der Waals surface area contributed by atoms with E-state index in [-0.39, 0.29) is 53.9 Å². The molecule has 6 heterocycles. The second-order valence-corrected chi connectivity index (χ2v) is 33.6. The van der Waals surface area contributed by atoms with Gasteiger partial charge in [-0.15, -0.1) is 0 Å². The third-order valence-electron chi connectivity index (χ3n) is 22.7. The molecule has 0 aromatic heterocycles. The Kier molecular flexibility index (Phi) is 30.6. The molecule has 0 bridgehead atoms. The third-order valence-corrected chi connectivity index (χ3v) is 22.7. The number of likely N-dealkylation sites (N-methyl/N-ethyl adjacent to an activating group) is 4. The highest BCUT2D eigenvalue weighted by atomic mass is 16.6. The molecule has 3 aromatic rings. The van der Waals surface area contributed by atoms with E-state index in [1.165, 1.54) is 118 Å². The molecule has 7 aliphatic rings. The SMILES string of the molecule is CC(C)COCC(CN(Cc1ccccc1)c1ccccc1)N1CCCC1.Cc1c2oc3c(C)ccc(C(=O)N[C@@H]4C(=O)N[C@H](C(C)C)C(=O)N5CCC[C@H]5C(=O)N(C)CC(=O)N(C)[C@@H](C(C)C)C(=O)O[C@@H]4C)c3nc-2c(C(=O)N[C@@H]2C(=O)N[C@H](C(C)C)C(=O)N3CCC[C@H]3C(=O)N(C)CC(=O)N(C)[C@@H](C(C)C)C(=O)O[C@@H]2C)c(N)c1=O. The Morgan fingerprint density at radius 2 is 1.06 bits per heavy atom. The number of nitrogen functional groups attached to an aromatic ring is 1. The van der Waals surface area contributed by atoms with Gasteiger partial charge in [0.1, 0.15) is 71.8 Å². The second-order valence-electron chi connectivity index (χ2n) is 33.6. The van der Waals surface area contributed by atoms with Gasteiger partial charge in [0.2, 0.25) is 52.7 Å². The fourth-order valence-electron chi connectivity index (χ4n) is 16.1. The number of esters is 2. The van der Waals surface area contributed by atoms with Crippen molar-refractivity contribution in [2.45, 2.75) is 209 Å². The zero-order valence-electron chi connectivity index (χ0n) is 71.0. The number of nitrogens with two attached hydrogens (primary N) is 1. The van der Waals surface area contributed by atoms with Crippen molar-refractivity contribution in [2.24, 2.45) is 29.6 Å². The van der Waals surface area contributed by atoms with Gasteiger partial charge in [0, 0.05) is 72.2 Å². The smallest absolute Gasteiger partial charge is 0.329 e. The molecule has 3 aromatic carbocycles. The Morgan fingerprint density at radius 1 is 0.590 bits per heavy atom. The number of para-hydroxylation sites is 1. The summed E-state index contributed by atoms with van der Waals surface area (Å²) in [7, 11) is 5.59. The summed E-state index contributed by atoms with van der Waals surface area (Å²) in [6.45, 7) is 28.8. The van der Waals surface area contributed by atoms with Crippen LogP contribution in [0.1, 0.15) is 159 Å². The second kappa shape index (κ2) is 39.6. The Balaban J connectivity index is 0.000000485. The van der Waals surface area contributed by atoms with E-state index in [1.807, 2.05) is 0 Å². The zero-order chi connectivity index (χ0) is 85.9. The topological polar surface area (TPSA) is 376 Å². The normalized spacial score (nSPS) is 23.9. The molecule has 0 saturated carbocycles. The summed E-state index contributed by atoms with van der Waals surface area (Å²) < 4.78 is 24.4. The highest BCUT2D eigenvalue weighted by molar-refractivity contribution is 6.10. The number of ether oxygens (including phenoxy) is 3. The number of hydrogen-bond acceptors (Lipinski definition) is 21. The molecule has 0 spiro atoms. The van der Waals surface area contributed by atoms with E-state index in [1.54, 1.807) is 62.3 Å². The van der Waals surface area contributed by atoms with Gasteiger partial charge in [0.25, 0.3) is 11.8 Å². The number of cyclic esters (lactones) is 2. The van der Waals surface area contributed by atoms with Crippen LogP contribution in [-0.4, -0.2) is 264 Å². The summed E-state index contributed by atoms with van der Waals surface area (Å²) >= 11 is 0. The van der Waals surface area contributed by atoms with Gasteiger partial charge in [-0.05, 0) is 138 Å². The number of aryl methyl sites for hydroxylation is 1. The first-order valence-corrected chi connectivity index (χ1v) is 40.9. The molecular weight excluding hydrogens is 1500 g/mol. The number of carbonyl (C=O) groups is 12. The van der Waals surface area contributed by atoms with E-state index in [0.717, 1.165) is 36.1 Å². The third kappa shape index (κ3) is 21.1. The Bertz CT molecular complexity index is 4470. The number of aromatic nitrogens is 1. The minimum absolute atomic E-state index is 0.0763. The van der Waals surface area contributed by atoms with Gasteiger partial charge < -0.3 is 79.9 Å². The van der Waals surface area contributed by atoms with E-state index >= 15 is 9.59 Å². The van der Waals surface area contributed by atoms with Gasteiger partial charge >= 0.3 is 11.9 Å². The van der Waals surface area contributed by atoms with Crippen LogP contribution in [0.5, 0.6) is 0 Å². The summed E-state index contributed by atoms with van der Waals surface area (Å²) in [5.41, 5.74) is 6.21. The number of likely N-dealkylation sites (tertiary alicyclic amines) is 1. The number of amides is 10. The fourth-order valence-corrected chi connectivity index (χ4v) is 16.1. The number of nitrogens with zero attached hydrogens (tertiary/aromatic N) is 9. The fraction of sp³-hybridized carbons (Fsp3) is 0.581. The van der Waals surface area contributed by atoms with Crippen molar-refractivity contribution in [1.29, 1.82) is 0 Å². The van der Waals surface area contributed by atoms with E-state index < -0.39 is 191 Å². The molecule has 11 atom stereocenters. The maximum Gasteiger partial charge on any atom is 0.329 e. The van der Waals surface area contributed by atoms with Crippen LogP contribution in [0, 0.1) is 43.4 Å². The van der Waals surface area contributed by atoms with Crippen LogP contribution in [0.15, 0.2) is 82.0 Å². The monoisotopic (exact) mass is 1620 g/mol. The van der Waals surface area contributed by atoms with E-state index in [9.17, 15) is 52.7 Å². The van der Waals surface area contributed by atoms with Crippen LogP contribution in [0.3, 0.4) is 0 Å². The Morgan fingerprint density at radius 3 is 1.52 bits per heavy atom. The largest absolute Gasteiger partial charge is 0.458 e. The highest BCUT2D eigenvalue weighted by Crippen LogP contribution is 2.36. The Labute approximate surface area is 685 Å². The molecule has 31 heteroatoms. The molecule has 636 valence electrons. The Hall–Kier alpha value is -10.6. The molecule has 5 saturated heterocycles. The molecule has 6 aliphatic heterocycles. The van der Waals surface area contributed by atoms with E-state index in [0.29, 0.717) is 30.4 Å². The summed E-state index contributed by atoms with van der Waals surface area (Å²) in [6.07, 6.45) is 0.970. The zero-order valence-corrected chi connectivity index (χ0v) is 71.0. The minimum atomic E-state index is -1.88. The summed E-state index contributed by atoms with van der Waals surface area (Å²) in [5, 5.41) is 10.7. The lowest BCUT2D eigenvalue weighted by Crippen LogP contribution is -2.61. The quantitative estimate of drug-likeness (QED) is 0.0407. The number of benzene rings is 4. The van der Waals surface area contributed by atoms with Crippen molar-refractivity contribution in [1.82, 2.24) is 60.6 Å². The van der Waals surface area contributed by atoms with Crippen molar-refractivity contribution in [3.8, 4) is 11.5 Å². The average molecular weight is 1620 g/mol. The van der Waals surface area contributed by atoms with Gasteiger partial charge in [-0.2, -0.15) is 0 Å². The van der Waals surface area contributed by atoms with E-state index in [2.05, 4.69) is 106 Å². The number of fused-ring (bicyclic) bond motifs is 4. The van der Waals surface area contributed by atoms with Gasteiger partial charge in [0.05, 0.1) is 42.6 Å². The summed E-state index contributed by atoms with van der Waals surface area (Å²) in [4.78, 5) is 204. The molecule has 117 heavy (non-hydrogen) atoms. The van der Waals surface area contributed by atoms with Gasteiger partial charge in [0.15, 0.2) is 11.3 Å². The maximum absolute atomic E-state index is 15.2. The first-order valence-electron chi connectivity index (χ1n) is 40.9. The molecular formula is C86H120N14O17. The van der Waals surface area contributed by atoms with Crippen molar-refractivity contribution < 1.29 is 76.2 Å². The molecule has 10 rings (SSSR count). The molecule has 10 amide bonds. The summed E-state index contributed by atoms with van der Waals surface area (Å²) in [6, 6.07) is 14.1. The summed E-state index contributed by atoms with van der Waals surface area (Å²) in [5.74, 6) is -11.8. The minimum Gasteiger partial charge on any atom is -0.458 e. The van der Waals surface area contributed by atoms with Crippen molar-refractivity contribution in [3.63, 3.8) is 0 Å². The molecule has 1 unspecified atom stereocenters.